The van der Waals surface area contributed by atoms with Crippen molar-refractivity contribution in [2.24, 2.45) is 0 Å². The van der Waals surface area contributed by atoms with E-state index in [4.69, 9.17) is 4.74 Å². The molecule has 0 aromatic carbocycles. The summed E-state index contributed by atoms with van der Waals surface area (Å²) in [5.74, 6) is 2.53. The van der Waals surface area contributed by atoms with Crippen molar-refractivity contribution in [3.05, 3.63) is 11.4 Å². The van der Waals surface area contributed by atoms with Gasteiger partial charge in [0, 0.05) is 19.7 Å². The van der Waals surface area contributed by atoms with Gasteiger partial charge in [-0.05, 0) is 20.3 Å². The SMILES string of the molecule is CCCC(COC)Nc1nc(C)nc(NC)c1C. The number of hydrogen-bond donors (Lipinski definition) is 2. The van der Waals surface area contributed by atoms with Crippen molar-refractivity contribution in [2.75, 3.05) is 31.4 Å². The highest BCUT2D eigenvalue weighted by Crippen LogP contribution is 2.20. The van der Waals surface area contributed by atoms with Crippen LogP contribution in [0.1, 0.15) is 31.2 Å². The topological polar surface area (TPSA) is 59.1 Å². The Hall–Kier alpha value is -1.36. The molecule has 0 bridgehead atoms. The van der Waals surface area contributed by atoms with Crippen molar-refractivity contribution < 1.29 is 4.74 Å². The first-order valence-corrected chi connectivity index (χ1v) is 6.40. The zero-order valence-electron chi connectivity index (χ0n) is 12.0. The quantitative estimate of drug-likeness (QED) is 0.780. The summed E-state index contributed by atoms with van der Waals surface area (Å²) in [5, 5.41) is 6.54. The van der Waals surface area contributed by atoms with Crippen LogP contribution < -0.4 is 10.6 Å². The average Bonchev–Trinajstić information content (AvgIpc) is 2.34. The molecule has 2 N–H and O–H groups in total. The number of anilines is 2. The van der Waals surface area contributed by atoms with Gasteiger partial charge in [-0.1, -0.05) is 13.3 Å². The Kier molecular flexibility index (Phi) is 5.85. The van der Waals surface area contributed by atoms with Gasteiger partial charge in [0.2, 0.25) is 0 Å². The number of aryl methyl sites for hydroxylation is 1. The fourth-order valence-electron chi connectivity index (χ4n) is 1.95. The molecule has 5 nitrogen and oxygen atoms in total. The maximum Gasteiger partial charge on any atom is 0.135 e. The Morgan fingerprint density at radius 3 is 2.44 bits per heavy atom. The molecule has 1 unspecified atom stereocenters. The van der Waals surface area contributed by atoms with Crippen LogP contribution in [-0.4, -0.2) is 36.8 Å². The molecule has 0 spiro atoms. The predicted molar refractivity (Wildman–Crippen MR) is 75.2 cm³/mol. The Morgan fingerprint density at radius 2 is 1.89 bits per heavy atom. The van der Waals surface area contributed by atoms with Crippen LogP contribution in [0.4, 0.5) is 11.6 Å². The zero-order valence-corrected chi connectivity index (χ0v) is 12.0. The van der Waals surface area contributed by atoms with Crippen molar-refractivity contribution >= 4 is 11.6 Å². The highest BCUT2D eigenvalue weighted by atomic mass is 16.5. The van der Waals surface area contributed by atoms with Gasteiger partial charge in [0.25, 0.3) is 0 Å². The maximum absolute atomic E-state index is 5.23. The van der Waals surface area contributed by atoms with Crippen molar-refractivity contribution in [1.82, 2.24) is 9.97 Å². The molecular weight excluding hydrogens is 228 g/mol. The van der Waals surface area contributed by atoms with Crippen LogP contribution in [0.15, 0.2) is 0 Å². The third-order valence-corrected chi connectivity index (χ3v) is 2.84. The minimum atomic E-state index is 0.290. The lowest BCUT2D eigenvalue weighted by Gasteiger charge is -2.20. The molecular formula is C13H24N4O. The number of ether oxygens (including phenoxy) is 1. The number of aromatic nitrogens is 2. The van der Waals surface area contributed by atoms with Crippen LogP contribution in [0.5, 0.6) is 0 Å². The van der Waals surface area contributed by atoms with Crippen molar-refractivity contribution in [3.63, 3.8) is 0 Å². The molecule has 0 radical (unpaired) electrons. The molecule has 0 saturated carbocycles. The van der Waals surface area contributed by atoms with Crippen LogP contribution in [0, 0.1) is 13.8 Å². The minimum absolute atomic E-state index is 0.290. The molecule has 0 fully saturated rings. The van der Waals surface area contributed by atoms with E-state index in [1.807, 2.05) is 20.9 Å². The monoisotopic (exact) mass is 252 g/mol. The van der Waals surface area contributed by atoms with Gasteiger partial charge >= 0.3 is 0 Å². The molecule has 0 aliphatic rings. The number of nitrogens with zero attached hydrogens (tertiary/aromatic N) is 2. The Bertz CT molecular complexity index is 375. The standard InChI is InChI=1S/C13H24N4O/c1-6-7-11(8-18-5)17-13-9(2)12(14-4)15-10(3)16-13/h11H,6-8H2,1-5H3,(H2,14,15,16,17). The first-order valence-electron chi connectivity index (χ1n) is 6.40. The van der Waals surface area contributed by atoms with Crippen LogP contribution in [-0.2, 0) is 4.74 Å². The smallest absolute Gasteiger partial charge is 0.135 e. The van der Waals surface area contributed by atoms with Crippen LogP contribution in [0.2, 0.25) is 0 Å². The van der Waals surface area contributed by atoms with Gasteiger partial charge in [-0.15, -0.1) is 0 Å². The zero-order chi connectivity index (χ0) is 13.5. The molecule has 0 saturated heterocycles. The predicted octanol–water partition coefficient (Wildman–Crippen LogP) is 2.36. The van der Waals surface area contributed by atoms with E-state index in [9.17, 15) is 0 Å². The van der Waals surface area contributed by atoms with Gasteiger partial charge < -0.3 is 15.4 Å². The molecule has 0 amide bonds. The molecule has 0 aliphatic heterocycles. The highest BCUT2D eigenvalue weighted by Gasteiger charge is 2.13. The lowest BCUT2D eigenvalue weighted by molar-refractivity contribution is 0.182. The summed E-state index contributed by atoms with van der Waals surface area (Å²) in [4.78, 5) is 8.83. The van der Waals surface area contributed by atoms with E-state index in [1.54, 1.807) is 7.11 Å². The summed E-state index contributed by atoms with van der Waals surface area (Å²) >= 11 is 0. The molecule has 1 aromatic heterocycles. The van der Waals surface area contributed by atoms with E-state index >= 15 is 0 Å². The van der Waals surface area contributed by atoms with Crippen LogP contribution in [0.25, 0.3) is 0 Å². The highest BCUT2D eigenvalue weighted by molar-refractivity contribution is 5.57. The summed E-state index contributed by atoms with van der Waals surface area (Å²) in [6.45, 7) is 6.77. The number of nitrogens with one attached hydrogen (secondary N) is 2. The fraction of sp³-hybridized carbons (Fsp3) is 0.692. The summed E-state index contributed by atoms with van der Waals surface area (Å²) in [6.07, 6.45) is 2.17. The van der Waals surface area contributed by atoms with E-state index in [2.05, 4.69) is 27.5 Å². The van der Waals surface area contributed by atoms with Crippen molar-refractivity contribution in [1.29, 1.82) is 0 Å². The third kappa shape index (κ3) is 3.84. The summed E-state index contributed by atoms with van der Waals surface area (Å²) in [7, 11) is 3.60. The second kappa shape index (κ2) is 7.16. The molecule has 1 atom stereocenters. The summed E-state index contributed by atoms with van der Waals surface area (Å²) in [6, 6.07) is 0.290. The second-order valence-corrected chi connectivity index (χ2v) is 4.43. The minimum Gasteiger partial charge on any atom is -0.383 e. The molecule has 0 aliphatic carbocycles. The van der Waals surface area contributed by atoms with E-state index in [0.29, 0.717) is 6.61 Å². The second-order valence-electron chi connectivity index (χ2n) is 4.43. The Labute approximate surface area is 109 Å². The van der Waals surface area contributed by atoms with Gasteiger partial charge in [-0.3, -0.25) is 0 Å². The van der Waals surface area contributed by atoms with E-state index in [0.717, 1.165) is 35.9 Å². The van der Waals surface area contributed by atoms with Crippen LogP contribution >= 0.6 is 0 Å². The van der Waals surface area contributed by atoms with Crippen molar-refractivity contribution in [3.8, 4) is 0 Å². The maximum atomic E-state index is 5.23. The molecule has 102 valence electrons. The normalized spacial score (nSPS) is 12.3. The Balaban J connectivity index is 2.90. The van der Waals surface area contributed by atoms with Gasteiger partial charge in [0.05, 0.1) is 12.6 Å². The number of hydrogen-bond acceptors (Lipinski definition) is 5. The van der Waals surface area contributed by atoms with Crippen LogP contribution in [0.3, 0.4) is 0 Å². The fourth-order valence-corrected chi connectivity index (χ4v) is 1.95. The third-order valence-electron chi connectivity index (χ3n) is 2.84. The molecule has 1 aromatic rings. The largest absolute Gasteiger partial charge is 0.383 e. The van der Waals surface area contributed by atoms with Gasteiger partial charge in [0.1, 0.15) is 17.5 Å². The first kappa shape index (κ1) is 14.7. The number of rotatable bonds is 7. The van der Waals surface area contributed by atoms with Crippen molar-refractivity contribution in [2.45, 2.75) is 39.7 Å². The summed E-state index contributed by atoms with van der Waals surface area (Å²) in [5.41, 5.74) is 1.04. The Morgan fingerprint density at radius 1 is 1.22 bits per heavy atom. The lowest BCUT2D eigenvalue weighted by Crippen LogP contribution is -2.26. The van der Waals surface area contributed by atoms with E-state index in [-0.39, 0.29) is 6.04 Å². The van der Waals surface area contributed by atoms with E-state index < -0.39 is 0 Å². The lowest BCUT2D eigenvalue weighted by atomic mass is 10.1. The molecule has 1 heterocycles. The molecule has 5 heteroatoms. The van der Waals surface area contributed by atoms with Gasteiger partial charge in [-0.25, -0.2) is 9.97 Å². The van der Waals surface area contributed by atoms with Gasteiger partial charge in [-0.2, -0.15) is 0 Å². The van der Waals surface area contributed by atoms with E-state index in [1.165, 1.54) is 0 Å². The summed E-state index contributed by atoms with van der Waals surface area (Å²) < 4.78 is 5.23. The number of methoxy groups -OCH3 is 1. The van der Waals surface area contributed by atoms with Gasteiger partial charge in [0.15, 0.2) is 0 Å². The first-order chi connectivity index (χ1) is 8.62. The average molecular weight is 252 g/mol. The molecule has 18 heavy (non-hydrogen) atoms. The molecule has 1 rings (SSSR count).